The molecule has 158 valence electrons. The Labute approximate surface area is 175 Å². The van der Waals surface area contributed by atoms with Gasteiger partial charge in [-0.3, -0.25) is 10.4 Å². The molecule has 0 bridgehead atoms. The Hall–Kier alpha value is -3.92. The highest BCUT2D eigenvalue weighted by molar-refractivity contribution is 5.96. The molecule has 0 aliphatic heterocycles. The first-order valence-corrected chi connectivity index (χ1v) is 9.32. The third-order valence-electron chi connectivity index (χ3n) is 4.63. The van der Waals surface area contributed by atoms with Gasteiger partial charge in [0.25, 0.3) is 0 Å². The van der Waals surface area contributed by atoms with E-state index in [1.807, 2.05) is 30.3 Å². The van der Waals surface area contributed by atoms with Crippen molar-refractivity contribution in [1.29, 1.82) is 0 Å². The second-order valence-corrected chi connectivity index (χ2v) is 6.67. The van der Waals surface area contributed by atoms with Crippen LogP contribution in [0.2, 0.25) is 0 Å². The predicted octanol–water partition coefficient (Wildman–Crippen LogP) is 3.81. The second-order valence-electron chi connectivity index (χ2n) is 6.67. The average molecular weight is 424 g/mol. The van der Waals surface area contributed by atoms with E-state index in [1.54, 1.807) is 6.07 Å². The zero-order valence-electron chi connectivity index (χ0n) is 16.4. The smallest absolute Gasteiger partial charge is 0.321 e. The number of aromatic nitrogens is 4. The van der Waals surface area contributed by atoms with Gasteiger partial charge in [0, 0.05) is 36.5 Å². The molecule has 1 atom stereocenters. The summed E-state index contributed by atoms with van der Waals surface area (Å²) in [6, 6.07) is 10.9. The van der Waals surface area contributed by atoms with Gasteiger partial charge < -0.3 is 10.1 Å². The number of hydrogen-bond donors (Lipinski definition) is 3. The molecule has 0 saturated heterocycles. The molecule has 0 saturated carbocycles. The van der Waals surface area contributed by atoms with E-state index >= 15 is 0 Å². The van der Waals surface area contributed by atoms with Crippen LogP contribution in [0.25, 0.3) is 22.2 Å². The SMILES string of the molecule is COCC(NC(=O)Nc1ncc2c(-c3ccnc(F)c3)n[nH]c2c1F)c1ccccc1. The van der Waals surface area contributed by atoms with Crippen molar-refractivity contribution in [2.45, 2.75) is 6.04 Å². The molecule has 0 radical (unpaired) electrons. The fourth-order valence-electron chi connectivity index (χ4n) is 3.18. The summed E-state index contributed by atoms with van der Waals surface area (Å²) in [5, 5.41) is 12.1. The van der Waals surface area contributed by atoms with Crippen LogP contribution in [0, 0.1) is 11.8 Å². The average Bonchev–Trinajstić information content (AvgIpc) is 3.21. The Kier molecular flexibility index (Phi) is 5.80. The van der Waals surface area contributed by atoms with Gasteiger partial charge in [0.2, 0.25) is 5.95 Å². The van der Waals surface area contributed by atoms with E-state index in [0.29, 0.717) is 16.6 Å². The molecule has 3 aromatic heterocycles. The number of aromatic amines is 1. The monoisotopic (exact) mass is 424 g/mol. The Balaban J connectivity index is 1.56. The maximum absolute atomic E-state index is 15.0. The maximum Gasteiger partial charge on any atom is 0.321 e. The van der Waals surface area contributed by atoms with Crippen molar-refractivity contribution in [3.05, 3.63) is 72.2 Å². The summed E-state index contributed by atoms with van der Waals surface area (Å²) in [5.74, 6) is -1.74. The van der Waals surface area contributed by atoms with Crippen molar-refractivity contribution < 1.29 is 18.3 Å². The number of hydrogen-bond acceptors (Lipinski definition) is 5. The normalized spacial score (nSPS) is 12.0. The van der Waals surface area contributed by atoms with Gasteiger partial charge in [-0.1, -0.05) is 30.3 Å². The second kappa shape index (κ2) is 8.84. The van der Waals surface area contributed by atoms with E-state index in [1.165, 1.54) is 25.6 Å². The van der Waals surface area contributed by atoms with Crippen molar-refractivity contribution in [1.82, 2.24) is 25.5 Å². The molecule has 1 aromatic carbocycles. The minimum atomic E-state index is -0.788. The zero-order valence-corrected chi connectivity index (χ0v) is 16.4. The fraction of sp³-hybridized carbons (Fsp3) is 0.143. The van der Waals surface area contributed by atoms with Gasteiger partial charge in [-0.2, -0.15) is 9.49 Å². The van der Waals surface area contributed by atoms with Gasteiger partial charge in [-0.15, -0.1) is 0 Å². The van der Waals surface area contributed by atoms with Crippen LogP contribution < -0.4 is 10.6 Å². The molecule has 8 nitrogen and oxygen atoms in total. The number of rotatable bonds is 6. The minimum Gasteiger partial charge on any atom is -0.382 e. The van der Waals surface area contributed by atoms with Gasteiger partial charge in [0.05, 0.1) is 12.6 Å². The number of fused-ring (bicyclic) bond motifs is 1. The Morgan fingerprint density at radius 2 is 2.00 bits per heavy atom. The van der Waals surface area contributed by atoms with Crippen molar-refractivity contribution in [3.63, 3.8) is 0 Å². The number of benzene rings is 1. The lowest BCUT2D eigenvalue weighted by Gasteiger charge is -2.18. The van der Waals surface area contributed by atoms with Crippen LogP contribution in [-0.2, 0) is 4.74 Å². The van der Waals surface area contributed by atoms with Gasteiger partial charge in [-0.05, 0) is 11.6 Å². The standard InChI is InChI=1S/C21H18F2N6O2/c1-31-11-15(12-5-3-2-4-6-12)26-21(30)27-20-17(23)19-14(10-25-20)18(28-29-19)13-7-8-24-16(22)9-13/h2-10,15H,11H2,1H3,(H,28,29)(H2,25,26,27,30). The van der Waals surface area contributed by atoms with Crippen molar-refractivity contribution >= 4 is 22.8 Å². The van der Waals surface area contributed by atoms with Crippen LogP contribution in [0.3, 0.4) is 0 Å². The van der Waals surface area contributed by atoms with E-state index in [9.17, 15) is 13.6 Å². The van der Waals surface area contributed by atoms with Crippen LogP contribution >= 0.6 is 0 Å². The summed E-state index contributed by atoms with van der Waals surface area (Å²) in [6.45, 7) is 0.235. The predicted molar refractivity (Wildman–Crippen MR) is 110 cm³/mol. The number of nitrogens with zero attached hydrogens (tertiary/aromatic N) is 3. The van der Waals surface area contributed by atoms with Gasteiger partial charge in [-0.25, -0.2) is 19.2 Å². The van der Waals surface area contributed by atoms with Crippen molar-refractivity contribution in [3.8, 4) is 11.3 Å². The molecule has 3 N–H and O–H groups in total. The largest absolute Gasteiger partial charge is 0.382 e. The summed E-state index contributed by atoms with van der Waals surface area (Å²) in [5.41, 5.74) is 1.62. The minimum absolute atomic E-state index is 0.0361. The number of carbonyl (C=O) groups is 1. The lowest BCUT2D eigenvalue weighted by molar-refractivity contribution is 0.168. The van der Waals surface area contributed by atoms with Crippen LogP contribution in [0.15, 0.2) is 54.9 Å². The number of ether oxygens (including phenoxy) is 1. The van der Waals surface area contributed by atoms with E-state index in [-0.39, 0.29) is 17.9 Å². The van der Waals surface area contributed by atoms with Gasteiger partial charge >= 0.3 is 6.03 Å². The number of methoxy groups -OCH3 is 1. The van der Waals surface area contributed by atoms with E-state index in [4.69, 9.17) is 4.74 Å². The Morgan fingerprint density at radius 3 is 2.74 bits per heavy atom. The van der Waals surface area contributed by atoms with Crippen LogP contribution in [0.4, 0.5) is 19.4 Å². The van der Waals surface area contributed by atoms with Gasteiger partial charge in [0.1, 0.15) is 11.2 Å². The molecule has 31 heavy (non-hydrogen) atoms. The molecule has 10 heteroatoms. The van der Waals surface area contributed by atoms with Crippen LogP contribution in [0.1, 0.15) is 11.6 Å². The summed E-state index contributed by atoms with van der Waals surface area (Å²) in [7, 11) is 1.52. The molecule has 3 heterocycles. The number of amides is 2. The topological polar surface area (TPSA) is 105 Å². The van der Waals surface area contributed by atoms with Crippen molar-refractivity contribution in [2.75, 3.05) is 19.0 Å². The van der Waals surface area contributed by atoms with Gasteiger partial charge in [0.15, 0.2) is 11.6 Å². The number of halogens is 2. The highest BCUT2D eigenvalue weighted by atomic mass is 19.1. The third-order valence-corrected chi connectivity index (χ3v) is 4.63. The summed E-state index contributed by atoms with van der Waals surface area (Å²) in [4.78, 5) is 20.0. The van der Waals surface area contributed by atoms with E-state index in [0.717, 1.165) is 5.56 Å². The lowest BCUT2D eigenvalue weighted by atomic mass is 10.1. The number of carbonyl (C=O) groups excluding carboxylic acids is 1. The summed E-state index contributed by atoms with van der Waals surface area (Å²) in [6.07, 6.45) is 2.65. The quantitative estimate of drug-likeness (QED) is 0.408. The highest BCUT2D eigenvalue weighted by Gasteiger charge is 2.19. The highest BCUT2D eigenvalue weighted by Crippen LogP contribution is 2.29. The molecular weight excluding hydrogens is 406 g/mol. The molecule has 0 fully saturated rings. The first-order chi connectivity index (χ1) is 15.1. The Morgan fingerprint density at radius 1 is 1.19 bits per heavy atom. The number of pyridine rings is 2. The zero-order chi connectivity index (χ0) is 21.8. The molecule has 2 amide bonds. The molecule has 4 rings (SSSR count). The van der Waals surface area contributed by atoms with E-state index < -0.39 is 23.8 Å². The fourth-order valence-corrected chi connectivity index (χ4v) is 3.18. The number of anilines is 1. The third kappa shape index (κ3) is 4.33. The molecular formula is C21H18F2N6O2. The first kappa shape index (κ1) is 20.4. The number of H-pyrrole nitrogens is 1. The van der Waals surface area contributed by atoms with Crippen LogP contribution in [-0.4, -0.2) is 39.9 Å². The van der Waals surface area contributed by atoms with Crippen LogP contribution in [0.5, 0.6) is 0 Å². The lowest BCUT2D eigenvalue weighted by Crippen LogP contribution is -2.35. The number of urea groups is 1. The molecule has 0 aliphatic carbocycles. The number of nitrogens with one attached hydrogen (secondary N) is 3. The molecule has 4 aromatic rings. The Bertz CT molecular complexity index is 1220. The maximum atomic E-state index is 15.0. The first-order valence-electron chi connectivity index (χ1n) is 9.32. The summed E-state index contributed by atoms with van der Waals surface area (Å²) < 4.78 is 33.6. The molecule has 0 aliphatic rings. The molecule has 1 unspecified atom stereocenters. The van der Waals surface area contributed by atoms with E-state index in [2.05, 4.69) is 30.8 Å². The van der Waals surface area contributed by atoms with Crippen molar-refractivity contribution in [2.24, 2.45) is 0 Å². The molecule has 0 spiro atoms. The summed E-state index contributed by atoms with van der Waals surface area (Å²) >= 11 is 0.